The molecule has 5 nitrogen and oxygen atoms in total. The Morgan fingerprint density at radius 3 is 2.47 bits per heavy atom. The summed E-state index contributed by atoms with van der Waals surface area (Å²) in [7, 11) is 0. The van der Waals surface area contributed by atoms with Crippen molar-refractivity contribution in [2.75, 3.05) is 6.61 Å². The van der Waals surface area contributed by atoms with Crippen LogP contribution in [0.15, 0.2) is 91.5 Å². The first-order valence-electron chi connectivity index (χ1n) is 9.90. The minimum atomic E-state index is 0.607. The van der Waals surface area contributed by atoms with Gasteiger partial charge in [0.1, 0.15) is 5.65 Å². The molecule has 0 aliphatic rings. The third-order valence-electron chi connectivity index (χ3n) is 5.00. The van der Waals surface area contributed by atoms with E-state index in [1.807, 2.05) is 68.1 Å². The number of hydrogen-bond acceptors (Lipinski definition) is 4. The molecule has 0 saturated carbocycles. The summed E-state index contributed by atoms with van der Waals surface area (Å²) in [6, 6.07) is 22.4. The van der Waals surface area contributed by atoms with E-state index in [1.165, 1.54) is 0 Å². The summed E-state index contributed by atoms with van der Waals surface area (Å²) < 4.78 is 7.52. The molecule has 146 valence electrons. The van der Waals surface area contributed by atoms with E-state index in [2.05, 4.69) is 49.7 Å². The molecular weight excluding hydrogens is 372 g/mol. The molecule has 0 bridgehead atoms. The summed E-state index contributed by atoms with van der Waals surface area (Å²) in [5.41, 5.74) is 7.12. The number of benzene rings is 1. The first-order chi connectivity index (χ1) is 14.8. The second-order valence-corrected chi connectivity index (χ2v) is 6.90. The predicted octanol–water partition coefficient (Wildman–Crippen LogP) is 5.52. The third kappa shape index (κ3) is 3.42. The number of aromatic nitrogens is 4. The SMILES string of the molecule is CCOc1ccc(-c2ccn3c(-c4ccnc(-c5ccccc5)c4)cnc3c2)cn1. The van der Waals surface area contributed by atoms with Crippen molar-refractivity contribution in [1.29, 1.82) is 0 Å². The molecule has 0 radical (unpaired) electrons. The van der Waals surface area contributed by atoms with E-state index in [9.17, 15) is 0 Å². The van der Waals surface area contributed by atoms with Crippen LogP contribution in [-0.2, 0) is 0 Å². The molecule has 0 N–H and O–H groups in total. The Labute approximate surface area is 174 Å². The molecule has 5 rings (SSSR count). The fourth-order valence-corrected chi connectivity index (χ4v) is 3.51. The lowest BCUT2D eigenvalue weighted by Gasteiger charge is -2.07. The molecule has 0 aliphatic heterocycles. The second-order valence-electron chi connectivity index (χ2n) is 6.90. The highest BCUT2D eigenvalue weighted by Gasteiger charge is 2.09. The minimum Gasteiger partial charge on any atom is -0.478 e. The Balaban J connectivity index is 1.50. The quantitative estimate of drug-likeness (QED) is 0.395. The summed E-state index contributed by atoms with van der Waals surface area (Å²) in [6.07, 6.45) is 7.62. The number of ether oxygens (including phenoxy) is 1. The maximum absolute atomic E-state index is 5.43. The number of hydrogen-bond donors (Lipinski definition) is 0. The van der Waals surface area contributed by atoms with Crippen LogP contribution in [0, 0.1) is 0 Å². The molecule has 0 amide bonds. The van der Waals surface area contributed by atoms with Crippen LogP contribution in [0.2, 0.25) is 0 Å². The molecule has 4 heterocycles. The van der Waals surface area contributed by atoms with Crippen molar-refractivity contribution in [3.63, 3.8) is 0 Å². The molecule has 0 atom stereocenters. The third-order valence-corrected chi connectivity index (χ3v) is 5.00. The van der Waals surface area contributed by atoms with Gasteiger partial charge in [-0.15, -0.1) is 0 Å². The van der Waals surface area contributed by atoms with Crippen LogP contribution >= 0.6 is 0 Å². The van der Waals surface area contributed by atoms with Gasteiger partial charge < -0.3 is 4.74 Å². The maximum atomic E-state index is 5.43. The Kier molecular flexibility index (Phi) is 4.69. The van der Waals surface area contributed by atoms with Crippen LogP contribution in [0.1, 0.15) is 6.92 Å². The van der Waals surface area contributed by atoms with E-state index in [-0.39, 0.29) is 0 Å². The fourth-order valence-electron chi connectivity index (χ4n) is 3.51. The largest absolute Gasteiger partial charge is 0.478 e. The Bertz CT molecular complexity index is 1290. The highest BCUT2D eigenvalue weighted by Crippen LogP contribution is 2.27. The lowest BCUT2D eigenvalue weighted by atomic mass is 10.1. The Morgan fingerprint density at radius 2 is 1.67 bits per heavy atom. The van der Waals surface area contributed by atoms with Crippen molar-refractivity contribution >= 4 is 5.65 Å². The maximum Gasteiger partial charge on any atom is 0.213 e. The lowest BCUT2D eigenvalue weighted by Crippen LogP contribution is -1.94. The monoisotopic (exact) mass is 392 g/mol. The van der Waals surface area contributed by atoms with Crippen molar-refractivity contribution in [3.05, 3.63) is 91.5 Å². The van der Waals surface area contributed by atoms with Crippen molar-refractivity contribution in [2.45, 2.75) is 6.92 Å². The van der Waals surface area contributed by atoms with Gasteiger partial charge in [0.25, 0.3) is 0 Å². The molecule has 5 aromatic rings. The van der Waals surface area contributed by atoms with Gasteiger partial charge in [0.15, 0.2) is 0 Å². The van der Waals surface area contributed by atoms with E-state index in [4.69, 9.17) is 4.74 Å². The zero-order valence-electron chi connectivity index (χ0n) is 16.6. The normalized spacial score (nSPS) is 11.0. The molecule has 0 fully saturated rings. The van der Waals surface area contributed by atoms with Crippen molar-refractivity contribution in [2.24, 2.45) is 0 Å². The zero-order chi connectivity index (χ0) is 20.3. The van der Waals surface area contributed by atoms with Crippen LogP contribution < -0.4 is 4.74 Å². The highest BCUT2D eigenvalue weighted by molar-refractivity contribution is 5.73. The van der Waals surface area contributed by atoms with Gasteiger partial charge in [-0.25, -0.2) is 9.97 Å². The summed E-state index contributed by atoms with van der Waals surface area (Å²) >= 11 is 0. The fraction of sp³-hybridized carbons (Fsp3) is 0.0800. The average Bonchev–Trinajstić information content (AvgIpc) is 3.24. The first-order valence-corrected chi connectivity index (χ1v) is 9.90. The average molecular weight is 392 g/mol. The minimum absolute atomic E-state index is 0.607. The summed E-state index contributed by atoms with van der Waals surface area (Å²) in [4.78, 5) is 13.5. The van der Waals surface area contributed by atoms with Crippen LogP contribution in [0.3, 0.4) is 0 Å². The molecule has 0 saturated heterocycles. The van der Waals surface area contributed by atoms with Crippen LogP contribution in [-0.4, -0.2) is 26.0 Å². The predicted molar refractivity (Wildman–Crippen MR) is 118 cm³/mol. The molecule has 0 spiro atoms. The number of imidazole rings is 1. The molecule has 0 unspecified atom stereocenters. The van der Waals surface area contributed by atoms with Gasteiger partial charge in [-0.05, 0) is 42.8 Å². The standard InChI is InChI=1S/C25H20N4O/c1-2-30-25-9-8-21(16-28-25)19-11-13-29-23(17-27-24(29)15-19)20-10-12-26-22(14-20)18-6-4-3-5-7-18/h3-17H,2H2,1H3. The summed E-state index contributed by atoms with van der Waals surface area (Å²) in [6.45, 7) is 2.56. The Morgan fingerprint density at radius 1 is 0.767 bits per heavy atom. The van der Waals surface area contributed by atoms with Gasteiger partial charge in [-0.3, -0.25) is 9.38 Å². The smallest absolute Gasteiger partial charge is 0.213 e. The van der Waals surface area contributed by atoms with Gasteiger partial charge in [0.2, 0.25) is 5.88 Å². The van der Waals surface area contributed by atoms with Gasteiger partial charge in [0, 0.05) is 41.3 Å². The topological polar surface area (TPSA) is 52.3 Å². The van der Waals surface area contributed by atoms with Crippen LogP contribution in [0.5, 0.6) is 5.88 Å². The van der Waals surface area contributed by atoms with Gasteiger partial charge in [-0.2, -0.15) is 0 Å². The zero-order valence-corrected chi connectivity index (χ0v) is 16.6. The summed E-state index contributed by atoms with van der Waals surface area (Å²) in [5, 5.41) is 0. The molecule has 4 aromatic heterocycles. The lowest BCUT2D eigenvalue weighted by molar-refractivity contribution is 0.327. The van der Waals surface area contributed by atoms with Gasteiger partial charge in [0.05, 0.1) is 24.2 Å². The van der Waals surface area contributed by atoms with E-state index in [0.717, 1.165) is 39.3 Å². The highest BCUT2D eigenvalue weighted by atomic mass is 16.5. The van der Waals surface area contributed by atoms with Crippen LogP contribution in [0.25, 0.3) is 39.3 Å². The molecule has 30 heavy (non-hydrogen) atoms. The second kappa shape index (κ2) is 7.79. The van der Waals surface area contributed by atoms with E-state index in [0.29, 0.717) is 12.5 Å². The van der Waals surface area contributed by atoms with Crippen LogP contribution in [0.4, 0.5) is 0 Å². The van der Waals surface area contributed by atoms with E-state index < -0.39 is 0 Å². The van der Waals surface area contributed by atoms with E-state index in [1.54, 1.807) is 0 Å². The van der Waals surface area contributed by atoms with Crippen molar-refractivity contribution < 1.29 is 4.74 Å². The molecule has 5 heteroatoms. The molecule has 1 aromatic carbocycles. The van der Waals surface area contributed by atoms with Crippen molar-refractivity contribution in [3.8, 4) is 39.5 Å². The molecular formula is C25H20N4O. The number of pyridine rings is 3. The van der Waals surface area contributed by atoms with Crippen molar-refractivity contribution in [1.82, 2.24) is 19.4 Å². The Hall–Kier alpha value is -3.99. The number of fused-ring (bicyclic) bond motifs is 1. The molecule has 0 aliphatic carbocycles. The first kappa shape index (κ1) is 18.1. The number of nitrogens with zero attached hydrogens (tertiary/aromatic N) is 4. The van der Waals surface area contributed by atoms with E-state index >= 15 is 0 Å². The number of rotatable bonds is 5. The van der Waals surface area contributed by atoms with Gasteiger partial charge >= 0.3 is 0 Å². The summed E-state index contributed by atoms with van der Waals surface area (Å²) in [5.74, 6) is 0.636. The van der Waals surface area contributed by atoms with Gasteiger partial charge in [-0.1, -0.05) is 30.3 Å².